The summed E-state index contributed by atoms with van der Waals surface area (Å²) < 4.78 is 13.3. The first-order valence-corrected chi connectivity index (χ1v) is 11.2. The van der Waals surface area contributed by atoms with Gasteiger partial charge in [0.25, 0.3) is 0 Å². The average molecular weight is 437 g/mol. The van der Waals surface area contributed by atoms with E-state index in [0.717, 1.165) is 35.1 Å². The van der Waals surface area contributed by atoms with Gasteiger partial charge >= 0.3 is 0 Å². The van der Waals surface area contributed by atoms with Gasteiger partial charge in [-0.2, -0.15) is 0 Å². The lowest BCUT2D eigenvalue weighted by atomic mass is 9.97. The van der Waals surface area contributed by atoms with Crippen molar-refractivity contribution >= 4 is 29.2 Å². The van der Waals surface area contributed by atoms with E-state index in [0.29, 0.717) is 17.8 Å². The molecule has 1 N–H and O–H groups in total. The SMILES string of the molecule is Cc1ccc(Sc2ccc(N3CCCC(C(=O)Nc4ccc(F)cc4C)C3)nn2)cc1. The van der Waals surface area contributed by atoms with Crippen LogP contribution in [-0.2, 0) is 4.79 Å². The van der Waals surface area contributed by atoms with Crippen molar-refractivity contribution in [3.8, 4) is 0 Å². The lowest BCUT2D eigenvalue weighted by Crippen LogP contribution is -2.41. The summed E-state index contributed by atoms with van der Waals surface area (Å²) in [7, 11) is 0. The maximum absolute atomic E-state index is 13.3. The van der Waals surface area contributed by atoms with E-state index < -0.39 is 0 Å². The molecule has 1 aromatic heterocycles. The van der Waals surface area contributed by atoms with Crippen molar-refractivity contribution in [1.29, 1.82) is 0 Å². The summed E-state index contributed by atoms with van der Waals surface area (Å²) in [6.45, 7) is 5.29. The molecular formula is C24H25FN4OS. The summed E-state index contributed by atoms with van der Waals surface area (Å²) in [6, 6.07) is 16.6. The normalized spacial score (nSPS) is 16.2. The number of amides is 1. The summed E-state index contributed by atoms with van der Waals surface area (Å²) in [5.41, 5.74) is 2.60. The first-order chi connectivity index (χ1) is 15.0. The number of nitrogens with zero attached hydrogens (tertiary/aromatic N) is 3. The Hall–Kier alpha value is -2.93. The molecule has 1 atom stereocenters. The zero-order valence-corrected chi connectivity index (χ0v) is 18.5. The van der Waals surface area contributed by atoms with Crippen molar-refractivity contribution in [2.75, 3.05) is 23.3 Å². The molecule has 2 aromatic carbocycles. The number of anilines is 2. The average Bonchev–Trinajstić information content (AvgIpc) is 2.78. The van der Waals surface area contributed by atoms with Gasteiger partial charge in [0.15, 0.2) is 5.82 Å². The smallest absolute Gasteiger partial charge is 0.229 e. The van der Waals surface area contributed by atoms with Crippen molar-refractivity contribution in [3.63, 3.8) is 0 Å². The van der Waals surface area contributed by atoms with Crippen molar-refractivity contribution in [1.82, 2.24) is 10.2 Å². The van der Waals surface area contributed by atoms with Crippen molar-refractivity contribution in [3.05, 3.63) is 71.5 Å². The third-order valence-corrected chi connectivity index (χ3v) is 6.37. The van der Waals surface area contributed by atoms with Gasteiger partial charge < -0.3 is 10.2 Å². The molecule has 0 spiro atoms. The maximum Gasteiger partial charge on any atom is 0.229 e. The van der Waals surface area contributed by atoms with Crippen LogP contribution >= 0.6 is 11.8 Å². The highest BCUT2D eigenvalue weighted by Gasteiger charge is 2.27. The first kappa shape index (κ1) is 21.3. The van der Waals surface area contributed by atoms with E-state index in [9.17, 15) is 9.18 Å². The Morgan fingerprint density at radius 3 is 2.61 bits per heavy atom. The Morgan fingerprint density at radius 1 is 1.10 bits per heavy atom. The predicted molar refractivity (Wildman–Crippen MR) is 122 cm³/mol. The number of piperidine rings is 1. The Kier molecular flexibility index (Phi) is 6.51. The minimum absolute atomic E-state index is 0.0427. The Bertz CT molecular complexity index is 1060. The van der Waals surface area contributed by atoms with E-state index in [1.807, 2.05) is 12.1 Å². The van der Waals surface area contributed by atoms with E-state index in [2.05, 4.69) is 51.6 Å². The van der Waals surface area contributed by atoms with Gasteiger partial charge in [-0.25, -0.2) is 4.39 Å². The molecule has 31 heavy (non-hydrogen) atoms. The van der Waals surface area contributed by atoms with Crippen LogP contribution in [0, 0.1) is 25.6 Å². The predicted octanol–water partition coefficient (Wildman–Crippen LogP) is 5.24. The number of aryl methyl sites for hydroxylation is 2. The minimum Gasteiger partial charge on any atom is -0.354 e. The van der Waals surface area contributed by atoms with Gasteiger partial charge in [-0.05, 0) is 74.7 Å². The highest BCUT2D eigenvalue weighted by molar-refractivity contribution is 7.99. The third kappa shape index (κ3) is 5.41. The summed E-state index contributed by atoms with van der Waals surface area (Å²) >= 11 is 1.58. The largest absolute Gasteiger partial charge is 0.354 e. The maximum atomic E-state index is 13.3. The van der Waals surface area contributed by atoms with Crippen LogP contribution in [0.3, 0.4) is 0 Å². The molecule has 3 aromatic rings. The molecule has 1 aliphatic rings. The standard InChI is InChI=1S/C24H25FN4OS/c1-16-5-8-20(9-6-16)31-23-12-11-22(27-28-23)29-13-3-4-18(15-29)24(30)26-21-10-7-19(25)14-17(21)2/h5-12,14,18H,3-4,13,15H2,1-2H3,(H,26,30). The van der Waals surface area contributed by atoms with Gasteiger partial charge in [-0.15, -0.1) is 10.2 Å². The molecule has 0 radical (unpaired) electrons. The van der Waals surface area contributed by atoms with Crippen LogP contribution in [-0.4, -0.2) is 29.2 Å². The van der Waals surface area contributed by atoms with E-state index in [1.165, 1.54) is 17.7 Å². The molecule has 0 saturated carbocycles. The van der Waals surface area contributed by atoms with Crippen LogP contribution in [0.2, 0.25) is 0 Å². The second-order valence-electron chi connectivity index (χ2n) is 7.88. The molecule has 1 unspecified atom stereocenters. The van der Waals surface area contributed by atoms with Gasteiger partial charge in [0, 0.05) is 23.7 Å². The van der Waals surface area contributed by atoms with Crippen LogP contribution in [0.15, 0.2) is 64.5 Å². The van der Waals surface area contributed by atoms with Crippen LogP contribution in [0.5, 0.6) is 0 Å². The highest BCUT2D eigenvalue weighted by atomic mass is 32.2. The van der Waals surface area contributed by atoms with E-state index in [1.54, 1.807) is 24.8 Å². The molecule has 4 rings (SSSR count). The molecule has 1 fully saturated rings. The Morgan fingerprint density at radius 2 is 1.90 bits per heavy atom. The number of aromatic nitrogens is 2. The summed E-state index contributed by atoms with van der Waals surface area (Å²) in [6.07, 6.45) is 1.72. The lowest BCUT2D eigenvalue weighted by Gasteiger charge is -2.32. The number of benzene rings is 2. The molecule has 7 heteroatoms. The molecule has 2 heterocycles. The van der Waals surface area contributed by atoms with E-state index in [4.69, 9.17) is 0 Å². The minimum atomic E-state index is -0.304. The van der Waals surface area contributed by atoms with Gasteiger partial charge in [0.1, 0.15) is 10.8 Å². The lowest BCUT2D eigenvalue weighted by molar-refractivity contribution is -0.120. The van der Waals surface area contributed by atoms with Crippen LogP contribution in [0.4, 0.5) is 15.9 Å². The fourth-order valence-electron chi connectivity index (χ4n) is 3.66. The number of halogens is 1. The number of nitrogens with one attached hydrogen (secondary N) is 1. The molecule has 0 bridgehead atoms. The fourth-order valence-corrected chi connectivity index (χ4v) is 4.40. The van der Waals surface area contributed by atoms with Gasteiger partial charge in [-0.1, -0.05) is 29.5 Å². The molecule has 5 nitrogen and oxygen atoms in total. The zero-order chi connectivity index (χ0) is 21.8. The van der Waals surface area contributed by atoms with Crippen molar-refractivity contribution < 1.29 is 9.18 Å². The third-order valence-electron chi connectivity index (χ3n) is 5.43. The van der Waals surface area contributed by atoms with Crippen molar-refractivity contribution in [2.24, 2.45) is 5.92 Å². The van der Waals surface area contributed by atoms with Crippen molar-refractivity contribution in [2.45, 2.75) is 36.6 Å². The highest BCUT2D eigenvalue weighted by Crippen LogP contribution is 2.28. The number of rotatable bonds is 5. The van der Waals surface area contributed by atoms with Gasteiger partial charge in [-0.3, -0.25) is 4.79 Å². The topological polar surface area (TPSA) is 58.1 Å². The summed E-state index contributed by atoms with van der Waals surface area (Å²) in [5, 5.41) is 12.6. The van der Waals surface area contributed by atoms with Gasteiger partial charge in [0.2, 0.25) is 5.91 Å². The number of hydrogen-bond acceptors (Lipinski definition) is 5. The Balaban J connectivity index is 1.38. The molecule has 1 amide bonds. The molecule has 0 aliphatic carbocycles. The van der Waals surface area contributed by atoms with Crippen LogP contribution in [0.1, 0.15) is 24.0 Å². The first-order valence-electron chi connectivity index (χ1n) is 10.4. The van der Waals surface area contributed by atoms with E-state index >= 15 is 0 Å². The summed E-state index contributed by atoms with van der Waals surface area (Å²) in [4.78, 5) is 16.0. The number of hydrogen-bond donors (Lipinski definition) is 1. The monoisotopic (exact) mass is 436 g/mol. The fraction of sp³-hybridized carbons (Fsp3) is 0.292. The second kappa shape index (κ2) is 9.47. The van der Waals surface area contributed by atoms with E-state index in [-0.39, 0.29) is 17.6 Å². The van der Waals surface area contributed by atoms with Crippen LogP contribution < -0.4 is 10.2 Å². The number of carbonyl (C=O) groups is 1. The van der Waals surface area contributed by atoms with Crippen LogP contribution in [0.25, 0.3) is 0 Å². The zero-order valence-electron chi connectivity index (χ0n) is 17.6. The number of carbonyl (C=O) groups excluding carboxylic acids is 1. The molecule has 1 aliphatic heterocycles. The Labute approximate surface area is 186 Å². The summed E-state index contributed by atoms with van der Waals surface area (Å²) in [5.74, 6) is 0.283. The molecular weight excluding hydrogens is 411 g/mol. The molecule has 160 valence electrons. The quantitative estimate of drug-likeness (QED) is 0.593. The van der Waals surface area contributed by atoms with Gasteiger partial charge in [0.05, 0.1) is 5.92 Å². The molecule has 1 saturated heterocycles. The second-order valence-corrected chi connectivity index (χ2v) is 8.97.